The highest BCUT2D eigenvalue weighted by molar-refractivity contribution is 5.42. The number of halogens is 3. The lowest BCUT2D eigenvalue weighted by molar-refractivity contribution is -0.137. The summed E-state index contributed by atoms with van der Waals surface area (Å²) < 4.78 is 37.6. The number of rotatable bonds is 3. The van der Waals surface area contributed by atoms with E-state index in [1.807, 2.05) is 0 Å². The molecule has 20 heavy (non-hydrogen) atoms. The summed E-state index contributed by atoms with van der Waals surface area (Å²) in [7, 11) is 0. The van der Waals surface area contributed by atoms with Crippen LogP contribution in [0.4, 0.5) is 19.1 Å². The Kier molecular flexibility index (Phi) is 2.88. The molecule has 0 radical (unpaired) electrons. The van der Waals surface area contributed by atoms with Crippen LogP contribution in [0, 0.1) is 0 Å². The first-order valence-corrected chi connectivity index (χ1v) is 6.23. The topological polar surface area (TPSA) is 37.8 Å². The summed E-state index contributed by atoms with van der Waals surface area (Å²) in [6.45, 7) is 0. The van der Waals surface area contributed by atoms with Crippen molar-refractivity contribution < 1.29 is 13.2 Å². The molecule has 0 bridgehead atoms. The van der Waals surface area contributed by atoms with Crippen molar-refractivity contribution in [2.24, 2.45) is 0 Å². The maximum absolute atomic E-state index is 12.5. The zero-order chi connectivity index (χ0) is 14.2. The fourth-order valence-corrected chi connectivity index (χ4v) is 2.17. The Morgan fingerprint density at radius 1 is 1.00 bits per heavy atom. The summed E-state index contributed by atoms with van der Waals surface area (Å²) >= 11 is 0. The van der Waals surface area contributed by atoms with E-state index in [1.54, 1.807) is 18.5 Å². The van der Waals surface area contributed by atoms with Crippen LogP contribution >= 0.6 is 0 Å². The van der Waals surface area contributed by atoms with Crippen LogP contribution in [0.5, 0.6) is 0 Å². The fraction of sp³-hybridized carbons (Fsp3) is 0.286. The molecule has 3 nitrogen and oxygen atoms in total. The monoisotopic (exact) mass is 279 g/mol. The molecule has 1 heterocycles. The molecule has 0 amide bonds. The SMILES string of the molecule is FC(F)(F)c1ccc(C2(Nc3ncccn3)CC2)cc1. The molecule has 0 aliphatic heterocycles. The van der Waals surface area contributed by atoms with Gasteiger partial charge < -0.3 is 5.32 Å². The van der Waals surface area contributed by atoms with Crippen LogP contribution in [-0.2, 0) is 11.7 Å². The molecule has 6 heteroatoms. The molecule has 0 spiro atoms. The number of benzene rings is 1. The second-order valence-corrected chi connectivity index (χ2v) is 4.85. The van der Waals surface area contributed by atoms with E-state index < -0.39 is 11.7 Å². The normalized spacial score (nSPS) is 16.8. The van der Waals surface area contributed by atoms with Crippen LogP contribution in [0.25, 0.3) is 0 Å². The second kappa shape index (κ2) is 4.47. The average Bonchev–Trinajstić information content (AvgIpc) is 3.20. The quantitative estimate of drug-likeness (QED) is 0.933. The summed E-state index contributed by atoms with van der Waals surface area (Å²) in [5.41, 5.74) is -0.128. The highest BCUT2D eigenvalue weighted by Crippen LogP contribution is 2.48. The lowest BCUT2D eigenvalue weighted by atomic mass is 10.0. The van der Waals surface area contributed by atoms with Crippen LogP contribution in [0.15, 0.2) is 42.7 Å². The summed E-state index contributed by atoms with van der Waals surface area (Å²) in [5.74, 6) is 0.491. The van der Waals surface area contributed by atoms with Gasteiger partial charge in [-0.1, -0.05) is 12.1 Å². The smallest absolute Gasteiger partial charge is 0.345 e. The van der Waals surface area contributed by atoms with E-state index in [0.717, 1.165) is 30.5 Å². The van der Waals surface area contributed by atoms with Crippen molar-refractivity contribution in [1.82, 2.24) is 9.97 Å². The first-order valence-electron chi connectivity index (χ1n) is 6.23. The zero-order valence-electron chi connectivity index (χ0n) is 10.5. The predicted molar refractivity (Wildman–Crippen MR) is 68.0 cm³/mol. The average molecular weight is 279 g/mol. The van der Waals surface area contributed by atoms with Crippen molar-refractivity contribution in [1.29, 1.82) is 0 Å². The first kappa shape index (κ1) is 12.9. The minimum absolute atomic E-state index is 0.328. The van der Waals surface area contributed by atoms with E-state index in [9.17, 15) is 13.2 Å². The fourth-order valence-electron chi connectivity index (χ4n) is 2.17. The molecule has 1 aromatic heterocycles. The third-order valence-corrected chi connectivity index (χ3v) is 3.43. The number of hydrogen-bond acceptors (Lipinski definition) is 3. The van der Waals surface area contributed by atoms with E-state index in [4.69, 9.17) is 0 Å². The van der Waals surface area contributed by atoms with Crippen molar-refractivity contribution in [2.75, 3.05) is 5.32 Å². The van der Waals surface area contributed by atoms with Crippen LogP contribution < -0.4 is 5.32 Å². The van der Waals surface area contributed by atoms with Gasteiger partial charge in [-0.05, 0) is 36.6 Å². The minimum atomic E-state index is -4.30. The van der Waals surface area contributed by atoms with E-state index in [2.05, 4.69) is 15.3 Å². The van der Waals surface area contributed by atoms with Gasteiger partial charge in [0.1, 0.15) is 0 Å². The molecule has 0 unspecified atom stereocenters. The van der Waals surface area contributed by atoms with Gasteiger partial charge in [0.05, 0.1) is 11.1 Å². The molecular weight excluding hydrogens is 267 g/mol. The van der Waals surface area contributed by atoms with Crippen molar-refractivity contribution in [3.05, 3.63) is 53.9 Å². The molecular formula is C14H12F3N3. The Balaban J connectivity index is 1.82. The molecule has 1 fully saturated rings. The maximum atomic E-state index is 12.5. The highest BCUT2D eigenvalue weighted by atomic mass is 19.4. The van der Waals surface area contributed by atoms with Gasteiger partial charge in [0, 0.05) is 12.4 Å². The van der Waals surface area contributed by atoms with Crippen LogP contribution in [0.2, 0.25) is 0 Å². The predicted octanol–water partition coefficient (Wildman–Crippen LogP) is 3.60. The number of nitrogens with zero attached hydrogens (tertiary/aromatic N) is 2. The van der Waals surface area contributed by atoms with Crippen LogP contribution in [-0.4, -0.2) is 9.97 Å². The first-order chi connectivity index (χ1) is 9.50. The second-order valence-electron chi connectivity index (χ2n) is 4.85. The third kappa shape index (κ3) is 2.45. The largest absolute Gasteiger partial charge is 0.416 e. The Bertz CT molecular complexity index is 589. The van der Waals surface area contributed by atoms with Gasteiger partial charge >= 0.3 is 6.18 Å². The molecule has 104 valence electrons. The van der Waals surface area contributed by atoms with Crippen molar-refractivity contribution in [2.45, 2.75) is 24.6 Å². The third-order valence-electron chi connectivity index (χ3n) is 3.43. The summed E-state index contributed by atoms with van der Waals surface area (Å²) in [6.07, 6.45) is 0.661. The maximum Gasteiger partial charge on any atom is 0.416 e. The van der Waals surface area contributed by atoms with Crippen LogP contribution in [0.1, 0.15) is 24.0 Å². The zero-order valence-corrected chi connectivity index (χ0v) is 10.5. The van der Waals surface area contributed by atoms with Gasteiger partial charge in [-0.2, -0.15) is 13.2 Å². The van der Waals surface area contributed by atoms with Gasteiger partial charge in [-0.3, -0.25) is 0 Å². The standard InChI is InChI=1S/C14H12F3N3/c15-14(16,17)11-4-2-10(3-5-11)13(6-7-13)20-12-18-8-1-9-19-12/h1-5,8-9H,6-7H2,(H,18,19,20). The summed E-state index contributed by atoms with van der Waals surface area (Å²) in [6, 6.07) is 6.98. The lowest BCUT2D eigenvalue weighted by Crippen LogP contribution is -2.20. The minimum Gasteiger partial charge on any atom is -0.345 e. The number of anilines is 1. The number of nitrogens with one attached hydrogen (secondary N) is 1. The Hall–Kier alpha value is -2.11. The lowest BCUT2D eigenvalue weighted by Gasteiger charge is -2.18. The molecule has 1 aliphatic carbocycles. The molecule has 2 aromatic rings. The van der Waals surface area contributed by atoms with Gasteiger partial charge in [0.25, 0.3) is 0 Å². The highest BCUT2D eigenvalue weighted by Gasteiger charge is 2.45. The van der Waals surface area contributed by atoms with Crippen molar-refractivity contribution >= 4 is 5.95 Å². The number of aromatic nitrogens is 2. The van der Waals surface area contributed by atoms with Gasteiger partial charge in [-0.25, -0.2) is 9.97 Å². The number of hydrogen-bond donors (Lipinski definition) is 1. The van der Waals surface area contributed by atoms with Crippen LogP contribution in [0.3, 0.4) is 0 Å². The summed E-state index contributed by atoms with van der Waals surface area (Å²) in [4.78, 5) is 8.17. The van der Waals surface area contributed by atoms with E-state index >= 15 is 0 Å². The van der Waals surface area contributed by atoms with Crippen molar-refractivity contribution in [3.63, 3.8) is 0 Å². The molecule has 3 rings (SSSR count). The molecule has 0 atom stereocenters. The molecule has 1 saturated carbocycles. The Morgan fingerprint density at radius 2 is 1.60 bits per heavy atom. The molecule has 1 aliphatic rings. The van der Waals surface area contributed by atoms with Gasteiger partial charge in [0.2, 0.25) is 5.95 Å². The van der Waals surface area contributed by atoms with E-state index in [0.29, 0.717) is 5.95 Å². The van der Waals surface area contributed by atoms with Crippen molar-refractivity contribution in [3.8, 4) is 0 Å². The summed E-state index contributed by atoms with van der Waals surface area (Å²) in [5, 5.41) is 3.20. The van der Waals surface area contributed by atoms with Gasteiger partial charge in [0.15, 0.2) is 0 Å². The Morgan fingerprint density at radius 3 is 2.10 bits per heavy atom. The van der Waals surface area contributed by atoms with Gasteiger partial charge in [-0.15, -0.1) is 0 Å². The molecule has 0 saturated heterocycles. The molecule has 1 aromatic carbocycles. The number of alkyl halides is 3. The van der Waals surface area contributed by atoms with E-state index in [-0.39, 0.29) is 5.54 Å². The molecule has 1 N–H and O–H groups in total. The van der Waals surface area contributed by atoms with E-state index in [1.165, 1.54) is 12.1 Å². The Labute approximate surface area is 113 Å².